The van der Waals surface area contributed by atoms with Gasteiger partial charge in [-0.05, 0) is 42.7 Å². The third-order valence-electron chi connectivity index (χ3n) is 2.99. The Morgan fingerprint density at radius 2 is 1.58 bits per heavy atom. The lowest BCUT2D eigenvalue weighted by Gasteiger charge is -2.14. The molecule has 2 rings (SSSR count). The van der Waals surface area contributed by atoms with Crippen LogP contribution in [-0.2, 0) is 0 Å². The van der Waals surface area contributed by atoms with E-state index in [1.807, 2.05) is 0 Å². The van der Waals surface area contributed by atoms with Crippen molar-refractivity contribution in [3.8, 4) is 0 Å². The number of halogens is 4. The SMILES string of the molecule is Cc1cc(C(Cl)c2ccc(Cl)cc2F)cc(C)c1F. The fraction of sp³-hybridized carbons (Fsp3) is 0.200. The lowest BCUT2D eigenvalue weighted by molar-refractivity contribution is 0.605. The number of benzene rings is 2. The van der Waals surface area contributed by atoms with Crippen LogP contribution >= 0.6 is 23.2 Å². The Hall–Kier alpha value is -1.12. The first kappa shape index (κ1) is 14.3. The summed E-state index contributed by atoms with van der Waals surface area (Å²) in [5.41, 5.74) is 1.99. The molecule has 0 aliphatic carbocycles. The molecule has 0 amide bonds. The molecule has 19 heavy (non-hydrogen) atoms. The maximum absolute atomic E-state index is 13.8. The van der Waals surface area contributed by atoms with Crippen molar-refractivity contribution in [3.05, 3.63) is 69.2 Å². The molecule has 0 saturated carbocycles. The van der Waals surface area contributed by atoms with E-state index < -0.39 is 11.2 Å². The van der Waals surface area contributed by atoms with E-state index in [9.17, 15) is 8.78 Å². The van der Waals surface area contributed by atoms with Crippen LogP contribution in [0.25, 0.3) is 0 Å². The van der Waals surface area contributed by atoms with Crippen LogP contribution in [0.3, 0.4) is 0 Å². The van der Waals surface area contributed by atoms with Crippen LogP contribution in [0.1, 0.15) is 27.6 Å². The third-order valence-corrected chi connectivity index (χ3v) is 3.71. The maximum Gasteiger partial charge on any atom is 0.129 e. The molecule has 0 spiro atoms. The number of hydrogen-bond acceptors (Lipinski definition) is 0. The van der Waals surface area contributed by atoms with Gasteiger partial charge in [0.25, 0.3) is 0 Å². The van der Waals surface area contributed by atoms with E-state index in [2.05, 4.69) is 0 Å². The Morgan fingerprint density at radius 1 is 1.00 bits per heavy atom. The fourth-order valence-corrected chi connectivity index (χ4v) is 2.47. The van der Waals surface area contributed by atoms with E-state index in [-0.39, 0.29) is 5.82 Å². The predicted molar refractivity (Wildman–Crippen MR) is 75.0 cm³/mol. The van der Waals surface area contributed by atoms with Crippen LogP contribution in [-0.4, -0.2) is 0 Å². The molecule has 100 valence electrons. The molecular formula is C15H12Cl2F2. The molecular weight excluding hydrogens is 289 g/mol. The molecule has 0 nitrogen and oxygen atoms in total. The third kappa shape index (κ3) is 2.90. The normalized spacial score (nSPS) is 12.5. The highest BCUT2D eigenvalue weighted by Crippen LogP contribution is 2.33. The Bertz CT molecular complexity index is 601. The summed E-state index contributed by atoms with van der Waals surface area (Å²) in [6.45, 7) is 3.32. The van der Waals surface area contributed by atoms with Crippen LogP contribution < -0.4 is 0 Å². The van der Waals surface area contributed by atoms with Gasteiger partial charge in [-0.3, -0.25) is 0 Å². The van der Waals surface area contributed by atoms with E-state index >= 15 is 0 Å². The zero-order valence-corrected chi connectivity index (χ0v) is 12.0. The highest BCUT2D eigenvalue weighted by molar-refractivity contribution is 6.30. The van der Waals surface area contributed by atoms with Gasteiger partial charge in [-0.15, -0.1) is 11.6 Å². The van der Waals surface area contributed by atoms with Gasteiger partial charge in [-0.25, -0.2) is 8.78 Å². The molecule has 0 heterocycles. The zero-order valence-electron chi connectivity index (χ0n) is 10.5. The minimum Gasteiger partial charge on any atom is -0.207 e. The monoisotopic (exact) mass is 300 g/mol. The van der Waals surface area contributed by atoms with Crippen molar-refractivity contribution in [1.29, 1.82) is 0 Å². The molecule has 2 aromatic carbocycles. The van der Waals surface area contributed by atoms with Gasteiger partial charge >= 0.3 is 0 Å². The number of hydrogen-bond donors (Lipinski definition) is 0. The van der Waals surface area contributed by atoms with Crippen molar-refractivity contribution >= 4 is 23.2 Å². The second-order valence-corrected chi connectivity index (χ2v) is 5.37. The maximum atomic E-state index is 13.8. The molecule has 2 aromatic rings. The lowest BCUT2D eigenvalue weighted by Crippen LogP contribution is -2.00. The van der Waals surface area contributed by atoms with Crippen molar-refractivity contribution in [2.75, 3.05) is 0 Å². The van der Waals surface area contributed by atoms with E-state index in [4.69, 9.17) is 23.2 Å². The van der Waals surface area contributed by atoms with Gasteiger partial charge in [0.05, 0.1) is 5.38 Å². The van der Waals surface area contributed by atoms with Gasteiger partial charge in [0, 0.05) is 10.6 Å². The number of alkyl halides is 1. The molecule has 0 aromatic heterocycles. The van der Waals surface area contributed by atoms with E-state index in [1.165, 1.54) is 6.07 Å². The first-order chi connectivity index (χ1) is 8.90. The van der Waals surface area contributed by atoms with Gasteiger partial charge in [0.1, 0.15) is 11.6 Å². The van der Waals surface area contributed by atoms with Gasteiger partial charge in [0.15, 0.2) is 0 Å². The van der Waals surface area contributed by atoms with Crippen LogP contribution in [0, 0.1) is 25.5 Å². The van der Waals surface area contributed by atoms with Gasteiger partial charge < -0.3 is 0 Å². The molecule has 0 aliphatic heterocycles. The summed E-state index contributed by atoms with van der Waals surface area (Å²) in [6, 6.07) is 7.61. The largest absolute Gasteiger partial charge is 0.207 e. The van der Waals surface area contributed by atoms with Crippen molar-refractivity contribution in [1.82, 2.24) is 0 Å². The van der Waals surface area contributed by atoms with Gasteiger partial charge in [-0.1, -0.05) is 29.8 Å². The second-order valence-electron chi connectivity index (χ2n) is 4.50. The average molecular weight is 301 g/mol. The lowest BCUT2D eigenvalue weighted by atomic mass is 9.99. The van der Waals surface area contributed by atoms with Crippen molar-refractivity contribution in [2.45, 2.75) is 19.2 Å². The second kappa shape index (κ2) is 5.48. The van der Waals surface area contributed by atoms with E-state index in [1.54, 1.807) is 38.1 Å². The summed E-state index contributed by atoms with van der Waals surface area (Å²) in [5, 5.41) is -0.355. The Balaban J connectivity index is 2.47. The first-order valence-electron chi connectivity index (χ1n) is 5.76. The summed E-state index contributed by atoms with van der Waals surface area (Å²) in [5.74, 6) is -0.726. The topological polar surface area (TPSA) is 0 Å². The van der Waals surface area contributed by atoms with Crippen molar-refractivity contribution in [3.63, 3.8) is 0 Å². The smallest absolute Gasteiger partial charge is 0.129 e. The Labute approximate surface area is 121 Å². The summed E-state index contributed by atoms with van der Waals surface area (Å²) < 4.78 is 27.4. The van der Waals surface area contributed by atoms with Crippen LogP contribution in [0.15, 0.2) is 30.3 Å². The van der Waals surface area contributed by atoms with Gasteiger partial charge in [-0.2, -0.15) is 0 Å². The summed E-state index contributed by atoms with van der Waals surface area (Å²) in [7, 11) is 0. The Kier molecular flexibility index (Phi) is 4.12. The molecule has 1 atom stereocenters. The minimum absolute atomic E-state index is 0.260. The van der Waals surface area contributed by atoms with Crippen LogP contribution in [0.2, 0.25) is 5.02 Å². The number of aryl methyl sites for hydroxylation is 2. The number of rotatable bonds is 2. The summed E-state index contributed by atoms with van der Waals surface area (Å²) in [6.07, 6.45) is 0. The quantitative estimate of drug-likeness (QED) is 0.637. The van der Waals surface area contributed by atoms with E-state index in [0.717, 1.165) is 0 Å². The van der Waals surface area contributed by atoms with Gasteiger partial charge in [0.2, 0.25) is 0 Å². The van der Waals surface area contributed by atoms with Crippen LogP contribution in [0.4, 0.5) is 8.78 Å². The Morgan fingerprint density at radius 3 is 2.11 bits per heavy atom. The highest BCUT2D eigenvalue weighted by Gasteiger charge is 2.17. The predicted octanol–water partition coefficient (Wildman–Crippen LogP) is 5.56. The molecule has 0 radical (unpaired) electrons. The zero-order chi connectivity index (χ0) is 14.2. The summed E-state index contributed by atoms with van der Waals surface area (Å²) >= 11 is 12.0. The highest BCUT2D eigenvalue weighted by atomic mass is 35.5. The summed E-state index contributed by atoms with van der Waals surface area (Å²) in [4.78, 5) is 0. The molecule has 0 N–H and O–H groups in total. The fourth-order valence-electron chi connectivity index (χ4n) is 2.01. The molecule has 0 bridgehead atoms. The molecule has 1 unspecified atom stereocenters. The average Bonchev–Trinajstić information content (AvgIpc) is 2.34. The van der Waals surface area contributed by atoms with Crippen LogP contribution in [0.5, 0.6) is 0 Å². The molecule has 0 fully saturated rings. The standard InChI is InChI=1S/C15H12Cl2F2/c1-8-5-10(6-9(2)15(8)19)14(17)12-4-3-11(16)7-13(12)18/h3-7,14H,1-2H3. The van der Waals surface area contributed by atoms with E-state index in [0.29, 0.717) is 27.3 Å². The van der Waals surface area contributed by atoms with Crippen molar-refractivity contribution < 1.29 is 8.78 Å². The van der Waals surface area contributed by atoms with Crippen molar-refractivity contribution in [2.24, 2.45) is 0 Å². The minimum atomic E-state index is -0.671. The first-order valence-corrected chi connectivity index (χ1v) is 6.57. The molecule has 0 aliphatic rings. The molecule has 0 saturated heterocycles. The molecule has 4 heteroatoms.